The molecule has 0 aliphatic carbocycles. The number of guanidine groups is 1. The lowest BCUT2D eigenvalue weighted by Crippen LogP contribution is -2.56. The number of para-hydroxylation sites is 1. The Hall–Kier alpha value is -3.78. The average molecular weight is 549 g/mol. The Balaban J connectivity index is 2.24. The van der Waals surface area contributed by atoms with Crippen LogP contribution >= 0.6 is 11.8 Å². The first-order chi connectivity index (χ1) is 18.2. The Morgan fingerprint density at radius 2 is 1.71 bits per heavy atom. The SMILES string of the molecule is CSCCC(NC(=O)C(CCCN=C(N)N)NC(=O)C(Cc1c[nH]c2ccccc12)NC(=O)CN)C(=O)O. The third-order valence-electron chi connectivity index (χ3n) is 5.74. The predicted octanol–water partition coefficient (Wildman–Crippen LogP) is -0.985. The number of benzene rings is 1. The lowest BCUT2D eigenvalue weighted by molar-refractivity contribution is -0.142. The zero-order valence-electron chi connectivity index (χ0n) is 21.2. The van der Waals surface area contributed by atoms with E-state index in [0.29, 0.717) is 12.2 Å². The number of carboxylic acid groups (broad SMARTS) is 1. The Morgan fingerprint density at radius 1 is 1.03 bits per heavy atom. The van der Waals surface area contributed by atoms with Crippen LogP contribution in [0.2, 0.25) is 0 Å². The zero-order valence-corrected chi connectivity index (χ0v) is 22.1. The van der Waals surface area contributed by atoms with Crippen LogP contribution in [0.4, 0.5) is 0 Å². The minimum Gasteiger partial charge on any atom is -0.480 e. The van der Waals surface area contributed by atoms with Gasteiger partial charge in [-0.2, -0.15) is 11.8 Å². The quantitative estimate of drug-likeness (QED) is 0.0730. The molecule has 0 saturated heterocycles. The van der Waals surface area contributed by atoms with Gasteiger partial charge < -0.3 is 43.2 Å². The van der Waals surface area contributed by atoms with Crippen LogP contribution in [-0.2, 0) is 25.6 Å². The van der Waals surface area contributed by atoms with E-state index in [2.05, 4.69) is 25.9 Å². The van der Waals surface area contributed by atoms with E-state index >= 15 is 0 Å². The number of nitrogens with two attached hydrogens (primary N) is 3. The number of carbonyl (C=O) groups excluding carboxylic acids is 3. The number of amides is 3. The minimum absolute atomic E-state index is 0.110. The molecule has 3 atom stereocenters. The number of aromatic nitrogens is 1. The summed E-state index contributed by atoms with van der Waals surface area (Å²) in [6.07, 6.45) is 4.40. The zero-order chi connectivity index (χ0) is 28.1. The van der Waals surface area contributed by atoms with Gasteiger partial charge in [0.05, 0.1) is 6.54 Å². The Labute approximate surface area is 224 Å². The topological polar surface area (TPSA) is 231 Å². The number of nitrogens with zero attached hydrogens (tertiary/aromatic N) is 1. The van der Waals surface area contributed by atoms with Crippen molar-refractivity contribution in [2.75, 3.05) is 25.1 Å². The van der Waals surface area contributed by atoms with Crippen LogP contribution in [0.3, 0.4) is 0 Å². The molecule has 1 aromatic heterocycles. The number of H-pyrrole nitrogens is 1. The van der Waals surface area contributed by atoms with Gasteiger partial charge in [0.25, 0.3) is 0 Å². The molecule has 1 aromatic carbocycles. The molecule has 0 bridgehead atoms. The molecule has 208 valence electrons. The van der Waals surface area contributed by atoms with Crippen molar-refractivity contribution < 1.29 is 24.3 Å². The molecule has 2 aromatic rings. The summed E-state index contributed by atoms with van der Waals surface area (Å²) in [4.78, 5) is 57.2. The summed E-state index contributed by atoms with van der Waals surface area (Å²) in [6.45, 7) is -0.116. The number of aliphatic carboxylic acids is 1. The summed E-state index contributed by atoms with van der Waals surface area (Å²) in [5.41, 5.74) is 17.8. The summed E-state index contributed by atoms with van der Waals surface area (Å²) in [6, 6.07) is 4.27. The molecule has 0 saturated carbocycles. The van der Waals surface area contributed by atoms with Gasteiger partial charge in [0.1, 0.15) is 18.1 Å². The first kappa shape index (κ1) is 30.4. The molecule has 38 heavy (non-hydrogen) atoms. The lowest BCUT2D eigenvalue weighted by Gasteiger charge is -2.24. The summed E-state index contributed by atoms with van der Waals surface area (Å²) < 4.78 is 0. The molecule has 14 heteroatoms. The monoisotopic (exact) mass is 548 g/mol. The fourth-order valence-corrected chi connectivity index (χ4v) is 4.26. The van der Waals surface area contributed by atoms with Crippen molar-refractivity contribution in [2.24, 2.45) is 22.2 Å². The van der Waals surface area contributed by atoms with E-state index < -0.39 is 41.8 Å². The molecule has 0 fully saturated rings. The number of nitrogens with one attached hydrogen (secondary N) is 4. The minimum atomic E-state index is -1.18. The van der Waals surface area contributed by atoms with Crippen molar-refractivity contribution in [3.05, 3.63) is 36.0 Å². The van der Waals surface area contributed by atoms with Crippen molar-refractivity contribution in [3.8, 4) is 0 Å². The Morgan fingerprint density at radius 3 is 2.37 bits per heavy atom. The second-order valence-electron chi connectivity index (χ2n) is 8.58. The van der Waals surface area contributed by atoms with Gasteiger partial charge >= 0.3 is 5.97 Å². The number of hydrogen-bond donors (Lipinski definition) is 8. The van der Waals surface area contributed by atoms with Gasteiger partial charge in [-0.05, 0) is 42.9 Å². The summed E-state index contributed by atoms with van der Waals surface area (Å²) in [7, 11) is 0. The van der Waals surface area contributed by atoms with E-state index in [1.165, 1.54) is 11.8 Å². The smallest absolute Gasteiger partial charge is 0.326 e. The Bertz CT molecular complexity index is 1130. The predicted molar refractivity (Wildman–Crippen MR) is 147 cm³/mol. The molecule has 11 N–H and O–H groups in total. The number of aromatic amines is 1. The van der Waals surface area contributed by atoms with Crippen molar-refractivity contribution >= 4 is 52.3 Å². The first-order valence-electron chi connectivity index (χ1n) is 12.1. The number of fused-ring (bicyclic) bond motifs is 1. The molecule has 0 aliphatic heterocycles. The second kappa shape index (κ2) is 15.5. The van der Waals surface area contributed by atoms with E-state index in [9.17, 15) is 24.3 Å². The fourth-order valence-electron chi connectivity index (χ4n) is 3.79. The van der Waals surface area contributed by atoms with Crippen LogP contribution < -0.4 is 33.2 Å². The van der Waals surface area contributed by atoms with Gasteiger partial charge in [-0.25, -0.2) is 4.79 Å². The van der Waals surface area contributed by atoms with Crippen LogP contribution in [0.25, 0.3) is 10.9 Å². The number of carboxylic acids is 1. The number of carbonyl (C=O) groups is 4. The molecule has 1 heterocycles. The van der Waals surface area contributed by atoms with Crippen LogP contribution in [-0.4, -0.2) is 83.0 Å². The van der Waals surface area contributed by atoms with Crippen molar-refractivity contribution in [3.63, 3.8) is 0 Å². The van der Waals surface area contributed by atoms with E-state index in [0.717, 1.165) is 16.5 Å². The van der Waals surface area contributed by atoms with E-state index in [1.54, 1.807) is 6.20 Å². The van der Waals surface area contributed by atoms with E-state index in [1.807, 2.05) is 30.5 Å². The highest BCUT2D eigenvalue weighted by Crippen LogP contribution is 2.19. The number of thioether (sulfide) groups is 1. The molecule has 13 nitrogen and oxygen atoms in total. The largest absolute Gasteiger partial charge is 0.480 e. The molecular formula is C24H36N8O5S. The first-order valence-corrected chi connectivity index (χ1v) is 13.5. The second-order valence-corrected chi connectivity index (χ2v) is 9.56. The maximum Gasteiger partial charge on any atom is 0.326 e. The van der Waals surface area contributed by atoms with Crippen LogP contribution in [0.5, 0.6) is 0 Å². The van der Waals surface area contributed by atoms with Gasteiger partial charge in [0.15, 0.2) is 5.96 Å². The van der Waals surface area contributed by atoms with Gasteiger partial charge in [-0.15, -0.1) is 0 Å². The number of rotatable bonds is 16. The van der Waals surface area contributed by atoms with E-state index in [4.69, 9.17) is 17.2 Å². The fraction of sp³-hybridized carbons (Fsp3) is 0.458. The molecule has 0 aliphatic rings. The van der Waals surface area contributed by atoms with Gasteiger partial charge in [0.2, 0.25) is 17.7 Å². The van der Waals surface area contributed by atoms with E-state index in [-0.39, 0.29) is 38.3 Å². The third-order valence-corrected chi connectivity index (χ3v) is 6.38. The molecule has 0 radical (unpaired) electrons. The molecule has 2 rings (SSSR count). The molecule has 0 spiro atoms. The summed E-state index contributed by atoms with van der Waals surface area (Å²) in [5.74, 6) is -2.58. The highest BCUT2D eigenvalue weighted by Gasteiger charge is 2.29. The van der Waals surface area contributed by atoms with Gasteiger partial charge in [0, 0.05) is 30.1 Å². The lowest BCUT2D eigenvalue weighted by atomic mass is 10.0. The van der Waals surface area contributed by atoms with Crippen molar-refractivity contribution in [2.45, 2.75) is 43.8 Å². The van der Waals surface area contributed by atoms with Gasteiger partial charge in [-0.3, -0.25) is 19.4 Å². The molecule has 3 unspecified atom stereocenters. The maximum absolute atomic E-state index is 13.4. The van der Waals surface area contributed by atoms with Crippen LogP contribution in [0.15, 0.2) is 35.5 Å². The number of aliphatic imine (C=N–C) groups is 1. The maximum atomic E-state index is 13.4. The highest BCUT2D eigenvalue weighted by atomic mass is 32.2. The summed E-state index contributed by atoms with van der Waals surface area (Å²) >= 11 is 1.45. The normalized spacial score (nSPS) is 13.2. The van der Waals surface area contributed by atoms with Crippen LogP contribution in [0.1, 0.15) is 24.8 Å². The van der Waals surface area contributed by atoms with Gasteiger partial charge in [-0.1, -0.05) is 18.2 Å². The molecule has 3 amide bonds. The van der Waals surface area contributed by atoms with Crippen molar-refractivity contribution in [1.29, 1.82) is 0 Å². The standard InChI is InChI=1S/C24H36N8O5S/c1-38-10-8-18(23(36)37)32-21(34)17(7-4-9-28-24(26)27)31-22(35)19(30-20(33)12-25)11-14-13-29-16-6-3-2-5-15(14)16/h2-3,5-6,13,17-19,29H,4,7-12,25H2,1H3,(H,30,33)(H,31,35)(H,32,34)(H,36,37)(H4,26,27,28). The average Bonchev–Trinajstić information content (AvgIpc) is 3.29. The Kier molecular flexibility index (Phi) is 12.4. The van der Waals surface area contributed by atoms with Crippen LogP contribution in [0, 0.1) is 0 Å². The number of hydrogen-bond acceptors (Lipinski definition) is 7. The van der Waals surface area contributed by atoms with Crippen molar-refractivity contribution in [1.82, 2.24) is 20.9 Å². The third kappa shape index (κ3) is 9.59. The highest BCUT2D eigenvalue weighted by molar-refractivity contribution is 7.98. The summed E-state index contributed by atoms with van der Waals surface area (Å²) in [5, 5.41) is 18.2. The molecular weight excluding hydrogens is 512 g/mol.